The second-order valence-electron chi connectivity index (χ2n) is 6.67. The van der Waals surface area contributed by atoms with Crippen LogP contribution in [-0.2, 0) is 13.0 Å². The molecule has 1 amide bonds. The maximum atomic E-state index is 12.6. The number of nitrogens with one attached hydrogen (secondary N) is 2. The number of H-pyrrole nitrogens is 1. The van der Waals surface area contributed by atoms with E-state index in [1.165, 1.54) is 34.8 Å². The molecular formula is C20H21N5OS4. The lowest BCUT2D eigenvalue weighted by molar-refractivity contribution is 0.102. The maximum Gasteiger partial charge on any atom is 0.257 e. The molecule has 0 saturated carbocycles. The van der Waals surface area contributed by atoms with Crippen LogP contribution in [0, 0.1) is 4.77 Å². The molecule has 1 aromatic carbocycles. The van der Waals surface area contributed by atoms with Crippen molar-refractivity contribution in [2.24, 2.45) is 0 Å². The number of nitrogens with zero attached hydrogens (tertiary/aromatic N) is 3. The first-order valence-electron chi connectivity index (χ1n) is 9.48. The van der Waals surface area contributed by atoms with Crippen molar-refractivity contribution in [2.45, 2.75) is 24.0 Å². The van der Waals surface area contributed by atoms with Gasteiger partial charge < -0.3 is 0 Å². The quantitative estimate of drug-likeness (QED) is 0.357. The predicted molar refractivity (Wildman–Crippen MR) is 129 cm³/mol. The van der Waals surface area contributed by atoms with E-state index in [-0.39, 0.29) is 5.91 Å². The van der Waals surface area contributed by atoms with Crippen LogP contribution < -0.4 is 5.32 Å². The number of hydrogen-bond donors (Lipinski definition) is 2. The number of carbonyl (C=O) groups excluding carboxylic acids is 1. The summed E-state index contributed by atoms with van der Waals surface area (Å²) >= 11 is 10.6. The summed E-state index contributed by atoms with van der Waals surface area (Å²) in [5.74, 6) is 3.04. The van der Waals surface area contributed by atoms with E-state index in [1.807, 2.05) is 45.6 Å². The van der Waals surface area contributed by atoms with Gasteiger partial charge in [0.05, 0.1) is 16.7 Å². The third kappa shape index (κ3) is 5.05. The van der Waals surface area contributed by atoms with Crippen molar-refractivity contribution in [1.29, 1.82) is 0 Å². The molecular weight excluding hydrogens is 455 g/mol. The SMILES string of the molecule is C=CCn1c(Cc2csc(NC(=O)c3ccc(C4SCCCS4)cc3)n2)n[nH]c1=S. The van der Waals surface area contributed by atoms with Crippen molar-refractivity contribution < 1.29 is 4.79 Å². The van der Waals surface area contributed by atoms with Crippen LogP contribution in [0.2, 0.25) is 0 Å². The number of anilines is 1. The van der Waals surface area contributed by atoms with E-state index in [0.29, 0.717) is 33.0 Å². The normalized spacial score (nSPS) is 14.5. The summed E-state index contributed by atoms with van der Waals surface area (Å²) in [6.45, 7) is 4.34. The zero-order chi connectivity index (χ0) is 20.9. The predicted octanol–water partition coefficient (Wildman–Crippen LogP) is 5.29. The lowest BCUT2D eigenvalue weighted by Crippen LogP contribution is -2.12. The molecule has 3 aromatic rings. The fourth-order valence-electron chi connectivity index (χ4n) is 3.05. The Balaban J connectivity index is 1.39. The number of aromatic nitrogens is 4. The Kier molecular flexibility index (Phi) is 7.08. The van der Waals surface area contributed by atoms with E-state index in [1.54, 1.807) is 6.08 Å². The minimum absolute atomic E-state index is 0.152. The standard InChI is InChI=1S/C20H21N5OS4/c1-2-8-25-16(23-24-20(25)27)11-15-12-30-19(21-15)22-17(26)13-4-6-14(7-5-13)18-28-9-3-10-29-18/h2,4-7,12,18H,1,3,8-11H2,(H,24,27)(H,21,22,26). The minimum atomic E-state index is -0.152. The second kappa shape index (κ2) is 9.95. The summed E-state index contributed by atoms with van der Waals surface area (Å²) in [5, 5.41) is 12.5. The summed E-state index contributed by atoms with van der Waals surface area (Å²) in [5.41, 5.74) is 2.73. The van der Waals surface area contributed by atoms with Gasteiger partial charge in [-0.15, -0.1) is 41.4 Å². The van der Waals surface area contributed by atoms with Gasteiger partial charge in [-0.05, 0) is 47.8 Å². The van der Waals surface area contributed by atoms with Gasteiger partial charge in [0.15, 0.2) is 9.90 Å². The minimum Gasteiger partial charge on any atom is -0.300 e. The number of rotatable bonds is 7. The smallest absolute Gasteiger partial charge is 0.257 e. The molecule has 0 spiro atoms. The number of thiazole rings is 1. The van der Waals surface area contributed by atoms with Gasteiger partial charge in [-0.2, -0.15) is 5.10 Å². The largest absolute Gasteiger partial charge is 0.300 e. The summed E-state index contributed by atoms with van der Waals surface area (Å²) in [7, 11) is 0. The topological polar surface area (TPSA) is 75.6 Å². The zero-order valence-electron chi connectivity index (χ0n) is 16.2. The molecule has 10 heteroatoms. The first kappa shape index (κ1) is 21.4. The van der Waals surface area contributed by atoms with Crippen LogP contribution in [0.3, 0.4) is 0 Å². The molecule has 1 aliphatic rings. The van der Waals surface area contributed by atoms with Crippen molar-refractivity contribution in [3.8, 4) is 0 Å². The van der Waals surface area contributed by atoms with Gasteiger partial charge in [-0.25, -0.2) is 4.98 Å². The number of amides is 1. The highest BCUT2D eigenvalue weighted by Gasteiger charge is 2.17. The number of benzene rings is 1. The van der Waals surface area contributed by atoms with Crippen molar-refractivity contribution in [3.63, 3.8) is 0 Å². The molecule has 1 aliphatic heterocycles. The lowest BCUT2D eigenvalue weighted by Gasteiger charge is -2.21. The molecule has 1 saturated heterocycles. The molecule has 30 heavy (non-hydrogen) atoms. The van der Waals surface area contributed by atoms with Crippen molar-refractivity contribution in [2.75, 3.05) is 16.8 Å². The number of allylic oxidation sites excluding steroid dienone is 1. The molecule has 0 aliphatic carbocycles. The van der Waals surface area contributed by atoms with Crippen molar-refractivity contribution in [3.05, 3.63) is 69.7 Å². The van der Waals surface area contributed by atoms with Crippen LogP contribution in [0.25, 0.3) is 0 Å². The van der Waals surface area contributed by atoms with Crippen LogP contribution in [0.15, 0.2) is 42.3 Å². The van der Waals surface area contributed by atoms with E-state index in [2.05, 4.69) is 39.2 Å². The summed E-state index contributed by atoms with van der Waals surface area (Å²) in [4.78, 5) is 17.1. The average Bonchev–Trinajstić information content (AvgIpc) is 3.36. The van der Waals surface area contributed by atoms with Gasteiger partial charge in [0.2, 0.25) is 0 Å². The first-order valence-corrected chi connectivity index (χ1v) is 12.9. The second-order valence-corrected chi connectivity index (χ2v) is 10.6. The van der Waals surface area contributed by atoms with Crippen LogP contribution in [0.5, 0.6) is 0 Å². The van der Waals surface area contributed by atoms with Gasteiger partial charge in [-0.3, -0.25) is 19.8 Å². The zero-order valence-corrected chi connectivity index (χ0v) is 19.4. The summed E-state index contributed by atoms with van der Waals surface area (Å²) in [6, 6.07) is 7.89. The van der Waals surface area contributed by atoms with Crippen molar-refractivity contribution >= 4 is 58.1 Å². The van der Waals surface area contributed by atoms with E-state index in [4.69, 9.17) is 12.2 Å². The van der Waals surface area contributed by atoms with Gasteiger partial charge in [0.25, 0.3) is 5.91 Å². The van der Waals surface area contributed by atoms with Gasteiger partial charge in [0, 0.05) is 17.5 Å². The molecule has 0 unspecified atom stereocenters. The van der Waals surface area contributed by atoms with E-state index >= 15 is 0 Å². The molecule has 4 rings (SSSR count). The number of aromatic amines is 1. The Morgan fingerprint density at radius 3 is 2.83 bits per heavy atom. The number of carbonyl (C=O) groups is 1. The third-order valence-electron chi connectivity index (χ3n) is 4.53. The van der Waals surface area contributed by atoms with Gasteiger partial charge >= 0.3 is 0 Å². The van der Waals surface area contributed by atoms with Crippen LogP contribution >= 0.6 is 47.1 Å². The highest BCUT2D eigenvalue weighted by molar-refractivity contribution is 8.16. The molecule has 0 radical (unpaired) electrons. The fraction of sp³-hybridized carbons (Fsp3) is 0.300. The highest BCUT2D eigenvalue weighted by Crippen LogP contribution is 2.43. The fourth-order valence-corrected chi connectivity index (χ4v) is 6.88. The average molecular weight is 476 g/mol. The Labute approximate surface area is 192 Å². The van der Waals surface area contributed by atoms with E-state index < -0.39 is 0 Å². The maximum absolute atomic E-state index is 12.6. The summed E-state index contributed by atoms with van der Waals surface area (Å²) in [6.07, 6.45) is 3.57. The molecule has 3 heterocycles. The van der Waals surface area contributed by atoms with Crippen LogP contribution in [-0.4, -0.2) is 37.2 Å². The molecule has 0 bridgehead atoms. The van der Waals surface area contributed by atoms with E-state index in [0.717, 1.165) is 11.5 Å². The molecule has 0 atom stereocenters. The molecule has 1 fully saturated rings. The van der Waals surface area contributed by atoms with Crippen LogP contribution in [0.1, 0.15) is 38.4 Å². The third-order valence-corrected chi connectivity index (χ3v) is 8.67. The van der Waals surface area contributed by atoms with Gasteiger partial charge in [-0.1, -0.05) is 18.2 Å². The van der Waals surface area contributed by atoms with Crippen LogP contribution in [0.4, 0.5) is 5.13 Å². The Bertz CT molecular complexity index is 1080. The summed E-state index contributed by atoms with van der Waals surface area (Å²) < 4.78 is 2.91. The monoisotopic (exact) mass is 475 g/mol. The van der Waals surface area contributed by atoms with Crippen molar-refractivity contribution in [1.82, 2.24) is 19.7 Å². The Morgan fingerprint density at radius 2 is 2.10 bits per heavy atom. The molecule has 6 nitrogen and oxygen atoms in total. The lowest BCUT2D eigenvalue weighted by atomic mass is 10.1. The van der Waals surface area contributed by atoms with E-state index in [9.17, 15) is 4.79 Å². The first-order chi connectivity index (χ1) is 14.6. The Morgan fingerprint density at radius 1 is 1.33 bits per heavy atom. The number of thioether (sulfide) groups is 2. The highest BCUT2D eigenvalue weighted by atomic mass is 32.2. The molecule has 2 aromatic heterocycles. The molecule has 2 N–H and O–H groups in total. The van der Waals surface area contributed by atoms with Gasteiger partial charge in [0.1, 0.15) is 5.82 Å². The Hall–Kier alpha value is -1.88. The molecule has 156 valence electrons. The number of hydrogen-bond acceptors (Lipinski definition) is 7.